The van der Waals surface area contributed by atoms with Crippen LogP contribution in [0, 0.1) is 5.92 Å². The lowest BCUT2D eigenvalue weighted by Crippen LogP contribution is -2.37. The average molecular weight is 491 g/mol. The molecule has 8 nitrogen and oxygen atoms in total. The Hall–Kier alpha value is -3.72. The van der Waals surface area contributed by atoms with Crippen LogP contribution in [0.5, 0.6) is 16.7 Å². The zero-order valence-corrected chi connectivity index (χ0v) is 20.5. The molecule has 0 N–H and O–H groups in total. The van der Waals surface area contributed by atoms with Crippen LogP contribution in [0.25, 0.3) is 27.4 Å². The molecule has 1 atom stereocenters. The molecule has 1 fully saturated rings. The van der Waals surface area contributed by atoms with E-state index in [4.69, 9.17) is 18.6 Å². The van der Waals surface area contributed by atoms with Gasteiger partial charge >= 0.3 is 0 Å². The van der Waals surface area contributed by atoms with E-state index >= 15 is 0 Å². The van der Waals surface area contributed by atoms with Gasteiger partial charge in [-0.05, 0) is 42.4 Å². The number of piperidine rings is 1. The van der Waals surface area contributed by atoms with Crippen molar-refractivity contribution < 1.29 is 18.6 Å². The Labute approximate surface area is 206 Å². The molecule has 4 heterocycles. The summed E-state index contributed by atoms with van der Waals surface area (Å²) in [5.74, 6) is 2.55. The summed E-state index contributed by atoms with van der Waals surface area (Å²) in [6.07, 6.45) is 4.14. The SMILES string of the molecule is COc1cc(OC[C@H]2CCCN(c3ccccc3)C2)c2cc(-c3cn4nc(OC)sc4n3)oc2c1. The van der Waals surface area contributed by atoms with Crippen LogP contribution in [0.2, 0.25) is 0 Å². The summed E-state index contributed by atoms with van der Waals surface area (Å²) in [6, 6.07) is 16.4. The molecule has 3 aromatic heterocycles. The van der Waals surface area contributed by atoms with E-state index in [-0.39, 0.29) is 0 Å². The van der Waals surface area contributed by atoms with Gasteiger partial charge in [0.15, 0.2) is 5.76 Å². The number of imidazole rings is 1. The van der Waals surface area contributed by atoms with Crippen molar-refractivity contribution in [3.63, 3.8) is 0 Å². The molecule has 0 aliphatic carbocycles. The predicted molar refractivity (Wildman–Crippen MR) is 136 cm³/mol. The lowest BCUT2D eigenvalue weighted by Gasteiger charge is -2.34. The van der Waals surface area contributed by atoms with Crippen LogP contribution < -0.4 is 19.1 Å². The van der Waals surface area contributed by atoms with Crippen LogP contribution in [0.3, 0.4) is 0 Å². The highest BCUT2D eigenvalue weighted by molar-refractivity contribution is 7.18. The van der Waals surface area contributed by atoms with Crippen molar-refractivity contribution in [3.8, 4) is 28.1 Å². The minimum absolute atomic E-state index is 0.442. The normalized spacial score (nSPS) is 16.2. The summed E-state index contributed by atoms with van der Waals surface area (Å²) in [5, 5.41) is 5.81. The van der Waals surface area contributed by atoms with Crippen molar-refractivity contribution in [2.45, 2.75) is 12.8 Å². The van der Waals surface area contributed by atoms with Crippen molar-refractivity contribution in [1.82, 2.24) is 14.6 Å². The van der Waals surface area contributed by atoms with Gasteiger partial charge in [0, 0.05) is 36.8 Å². The van der Waals surface area contributed by atoms with E-state index in [1.165, 1.54) is 17.0 Å². The molecular weight excluding hydrogens is 464 g/mol. The van der Waals surface area contributed by atoms with E-state index < -0.39 is 0 Å². The molecule has 1 saturated heterocycles. The third kappa shape index (κ3) is 4.27. The number of rotatable bonds is 7. The van der Waals surface area contributed by atoms with Crippen LogP contribution in [-0.2, 0) is 0 Å². The van der Waals surface area contributed by atoms with E-state index in [2.05, 4.69) is 45.3 Å². The highest BCUT2D eigenvalue weighted by atomic mass is 32.1. The molecule has 1 aliphatic rings. The first kappa shape index (κ1) is 21.8. The number of hydrogen-bond acceptors (Lipinski definition) is 8. The number of methoxy groups -OCH3 is 2. The fourth-order valence-electron chi connectivity index (χ4n) is 4.61. The number of para-hydroxylation sites is 1. The average Bonchev–Trinajstić information content (AvgIpc) is 3.60. The number of benzene rings is 2. The molecular formula is C26H26N4O4S. The summed E-state index contributed by atoms with van der Waals surface area (Å²) in [5.41, 5.74) is 2.68. The van der Waals surface area contributed by atoms with Gasteiger partial charge in [-0.25, -0.2) is 9.50 Å². The number of fused-ring (bicyclic) bond motifs is 2. The van der Waals surface area contributed by atoms with E-state index in [1.54, 1.807) is 18.7 Å². The second kappa shape index (κ2) is 9.14. The number of ether oxygens (including phenoxy) is 3. The summed E-state index contributed by atoms with van der Waals surface area (Å²) in [7, 11) is 3.25. The molecule has 0 amide bonds. The van der Waals surface area contributed by atoms with Gasteiger partial charge in [0.25, 0.3) is 5.19 Å². The number of furan rings is 1. The van der Waals surface area contributed by atoms with Gasteiger partial charge in [0.05, 0.1) is 32.4 Å². The number of hydrogen-bond donors (Lipinski definition) is 0. The monoisotopic (exact) mass is 490 g/mol. The third-order valence-corrected chi connectivity index (χ3v) is 7.26. The number of aromatic nitrogens is 3. The maximum atomic E-state index is 6.39. The van der Waals surface area contributed by atoms with Crippen molar-refractivity contribution in [1.29, 1.82) is 0 Å². The van der Waals surface area contributed by atoms with Crippen molar-refractivity contribution >= 4 is 33.0 Å². The van der Waals surface area contributed by atoms with Gasteiger partial charge in [-0.2, -0.15) is 0 Å². The van der Waals surface area contributed by atoms with Crippen LogP contribution in [-0.4, -0.2) is 48.5 Å². The van der Waals surface area contributed by atoms with Gasteiger partial charge in [0.1, 0.15) is 22.8 Å². The molecule has 1 aliphatic heterocycles. The Bertz CT molecular complexity index is 1430. The lowest BCUT2D eigenvalue weighted by atomic mass is 9.98. The van der Waals surface area contributed by atoms with Crippen LogP contribution in [0.15, 0.2) is 59.1 Å². The highest BCUT2D eigenvalue weighted by Gasteiger charge is 2.22. The molecule has 9 heteroatoms. The molecule has 35 heavy (non-hydrogen) atoms. The van der Waals surface area contributed by atoms with Crippen molar-refractivity contribution in [2.75, 3.05) is 38.8 Å². The van der Waals surface area contributed by atoms with E-state index in [0.29, 0.717) is 40.5 Å². The molecule has 0 radical (unpaired) electrons. The summed E-state index contributed by atoms with van der Waals surface area (Å²) in [6.45, 7) is 2.70. The van der Waals surface area contributed by atoms with Crippen LogP contribution in [0.1, 0.15) is 12.8 Å². The zero-order valence-electron chi connectivity index (χ0n) is 19.6. The predicted octanol–water partition coefficient (Wildman–Crippen LogP) is 5.52. The Balaban J connectivity index is 1.24. The smallest absolute Gasteiger partial charge is 0.294 e. The molecule has 2 aromatic carbocycles. The first-order valence-electron chi connectivity index (χ1n) is 11.6. The molecule has 0 spiro atoms. The largest absolute Gasteiger partial charge is 0.496 e. The van der Waals surface area contributed by atoms with E-state index in [1.807, 2.05) is 24.4 Å². The van der Waals surface area contributed by atoms with Gasteiger partial charge in [-0.1, -0.05) is 18.2 Å². The minimum Gasteiger partial charge on any atom is -0.496 e. The first-order chi connectivity index (χ1) is 17.2. The molecule has 6 rings (SSSR count). The maximum absolute atomic E-state index is 6.39. The summed E-state index contributed by atoms with van der Waals surface area (Å²) in [4.78, 5) is 7.83. The fraction of sp³-hybridized carbons (Fsp3) is 0.308. The summed E-state index contributed by atoms with van der Waals surface area (Å²) >= 11 is 1.38. The first-order valence-corrected chi connectivity index (χ1v) is 12.5. The van der Waals surface area contributed by atoms with E-state index in [0.717, 1.165) is 42.0 Å². The Kier molecular flexibility index (Phi) is 5.69. The quantitative estimate of drug-likeness (QED) is 0.297. The fourth-order valence-corrected chi connectivity index (χ4v) is 5.31. The molecule has 0 saturated carbocycles. The summed E-state index contributed by atoms with van der Waals surface area (Å²) < 4.78 is 25.0. The van der Waals surface area contributed by atoms with Crippen LogP contribution in [0.4, 0.5) is 5.69 Å². The molecule has 5 aromatic rings. The molecule has 0 unspecified atom stereocenters. The number of anilines is 1. The second-order valence-electron chi connectivity index (χ2n) is 8.67. The maximum Gasteiger partial charge on any atom is 0.294 e. The standard InChI is InChI=1S/C26H26N4O4S/c1-31-19-11-22(33-16-17-7-6-10-29(14-17)18-8-4-3-5-9-18)20-13-24(34-23(20)12-19)21-15-30-25(27-21)35-26(28-30)32-2/h3-5,8-9,11-13,15,17H,6-7,10,14,16H2,1-2H3/t17-/m0/s1. The molecule has 180 valence electrons. The second-order valence-corrected chi connectivity index (χ2v) is 9.59. The Morgan fingerprint density at radius 2 is 2.00 bits per heavy atom. The van der Waals surface area contributed by atoms with Gasteiger partial charge in [0.2, 0.25) is 4.96 Å². The van der Waals surface area contributed by atoms with E-state index in [9.17, 15) is 0 Å². The Morgan fingerprint density at radius 3 is 2.80 bits per heavy atom. The van der Waals surface area contributed by atoms with Gasteiger partial charge in [-0.3, -0.25) is 0 Å². The third-order valence-electron chi connectivity index (χ3n) is 6.38. The number of nitrogens with zero attached hydrogens (tertiary/aromatic N) is 4. The van der Waals surface area contributed by atoms with Crippen molar-refractivity contribution in [2.24, 2.45) is 5.92 Å². The van der Waals surface area contributed by atoms with Gasteiger partial charge in [-0.15, -0.1) is 5.10 Å². The van der Waals surface area contributed by atoms with Gasteiger partial charge < -0.3 is 23.5 Å². The molecule has 0 bridgehead atoms. The topological polar surface area (TPSA) is 74.3 Å². The highest BCUT2D eigenvalue weighted by Crippen LogP contribution is 2.38. The minimum atomic E-state index is 0.442. The zero-order chi connectivity index (χ0) is 23.8. The Morgan fingerprint density at radius 1 is 1.11 bits per heavy atom. The lowest BCUT2D eigenvalue weighted by molar-refractivity contribution is 0.230. The van der Waals surface area contributed by atoms with Crippen molar-refractivity contribution in [3.05, 3.63) is 54.7 Å². The van der Waals surface area contributed by atoms with Crippen LogP contribution >= 0.6 is 11.3 Å².